The lowest BCUT2D eigenvalue weighted by Gasteiger charge is -2.15. The van der Waals surface area contributed by atoms with Crippen LogP contribution in [0, 0.1) is 0 Å². The molecule has 1 aliphatic rings. The highest BCUT2D eigenvalue weighted by Gasteiger charge is 2.27. The van der Waals surface area contributed by atoms with Gasteiger partial charge in [-0.15, -0.1) is 0 Å². The van der Waals surface area contributed by atoms with Crippen molar-refractivity contribution in [3.05, 3.63) is 29.8 Å². The van der Waals surface area contributed by atoms with Crippen molar-refractivity contribution < 1.29 is 18.3 Å². The minimum absolute atomic E-state index is 0.0744. The van der Waals surface area contributed by atoms with Gasteiger partial charge in [-0.1, -0.05) is 12.1 Å². The summed E-state index contributed by atoms with van der Waals surface area (Å²) in [6, 6.07) is 6.44. The molecule has 1 heterocycles. The smallest absolute Gasteiger partial charge is 0.225 e. The molecule has 1 N–H and O–H groups in total. The summed E-state index contributed by atoms with van der Waals surface area (Å²) in [7, 11) is -3.19. The summed E-state index contributed by atoms with van der Waals surface area (Å²) in [6.07, 6.45) is 0.733. The van der Waals surface area contributed by atoms with E-state index in [4.69, 9.17) is 0 Å². The fourth-order valence-corrected chi connectivity index (χ4v) is 2.60. The number of nitrogens with zero attached hydrogens (tertiary/aromatic N) is 1. The van der Waals surface area contributed by atoms with Gasteiger partial charge in [0, 0.05) is 19.3 Å². The molecule has 0 radical (unpaired) electrons. The summed E-state index contributed by atoms with van der Waals surface area (Å²) < 4.78 is 22.6. The van der Waals surface area contributed by atoms with Gasteiger partial charge < -0.3 is 10.0 Å². The number of hydrogen-bond acceptors (Lipinski definition) is 4. The van der Waals surface area contributed by atoms with E-state index in [0.717, 1.165) is 11.8 Å². The molecule has 0 spiro atoms. The highest BCUT2D eigenvalue weighted by Crippen LogP contribution is 2.16. The number of likely N-dealkylation sites (tertiary alicyclic amines) is 1. The predicted molar refractivity (Wildman–Crippen MR) is 65.6 cm³/mol. The third-order valence-electron chi connectivity index (χ3n) is 2.92. The van der Waals surface area contributed by atoms with Gasteiger partial charge in [0.15, 0.2) is 9.84 Å². The fourth-order valence-electron chi connectivity index (χ4n) is 1.97. The van der Waals surface area contributed by atoms with E-state index in [2.05, 4.69) is 0 Å². The van der Waals surface area contributed by atoms with Crippen molar-refractivity contribution in [3.63, 3.8) is 0 Å². The van der Waals surface area contributed by atoms with Gasteiger partial charge in [-0.25, -0.2) is 8.42 Å². The first kappa shape index (κ1) is 13.0. The van der Waals surface area contributed by atoms with Crippen LogP contribution in [-0.2, 0) is 21.2 Å². The number of rotatable bonds is 3. The van der Waals surface area contributed by atoms with E-state index in [1.54, 1.807) is 17.0 Å². The Morgan fingerprint density at radius 1 is 1.33 bits per heavy atom. The van der Waals surface area contributed by atoms with E-state index in [1.165, 1.54) is 12.1 Å². The van der Waals surface area contributed by atoms with E-state index in [9.17, 15) is 18.3 Å². The van der Waals surface area contributed by atoms with Gasteiger partial charge in [0.1, 0.15) is 0 Å². The fraction of sp³-hybridized carbons (Fsp3) is 0.417. The van der Waals surface area contributed by atoms with Crippen LogP contribution in [0.1, 0.15) is 12.0 Å². The average Bonchev–Trinajstić information content (AvgIpc) is 2.57. The molecule has 1 aromatic carbocycles. The Bertz CT molecular complexity index is 550. The third-order valence-corrected chi connectivity index (χ3v) is 4.05. The van der Waals surface area contributed by atoms with Crippen LogP contribution in [0.2, 0.25) is 0 Å². The number of carbonyl (C=O) groups excluding carboxylic acids is 1. The normalized spacial score (nSPS) is 20.4. The largest absolute Gasteiger partial charge is 0.391 e. The second-order valence-electron chi connectivity index (χ2n) is 4.55. The molecule has 1 aliphatic heterocycles. The molecule has 98 valence electrons. The SMILES string of the molecule is CS(=O)(=O)c1ccc(CN2CC(O)CC2=O)cc1. The summed E-state index contributed by atoms with van der Waals surface area (Å²) >= 11 is 0. The molecule has 1 fully saturated rings. The molecule has 0 saturated carbocycles. The standard InChI is InChI=1S/C12H15NO4S/c1-18(16,17)11-4-2-9(3-5-11)7-13-8-10(14)6-12(13)15/h2-5,10,14H,6-8H2,1H3. The van der Waals surface area contributed by atoms with E-state index >= 15 is 0 Å². The molecule has 0 aromatic heterocycles. The van der Waals surface area contributed by atoms with E-state index < -0.39 is 15.9 Å². The zero-order valence-electron chi connectivity index (χ0n) is 10.0. The molecule has 1 unspecified atom stereocenters. The van der Waals surface area contributed by atoms with Gasteiger partial charge in [0.2, 0.25) is 5.91 Å². The number of amides is 1. The van der Waals surface area contributed by atoms with Crippen LogP contribution in [-0.4, -0.2) is 43.2 Å². The Labute approximate surface area is 106 Å². The Hall–Kier alpha value is -1.40. The number of carbonyl (C=O) groups is 1. The molecular formula is C12H15NO4S. The first-order chi connectivity index (χ1) is 8.36. The number of sulfone groups is 1. The number of aliphatic hydroxyl groups excluding tert-OH is 1. The number of benzene rings is 1. The van der Waals surface area contributed by atoms with Gasteiger partial charge in [-0.3, -0.25) is 4.79 Å². The van der Waals surface area contributed by atoms with Crippen molar-refractivity contribution >= 4 is 15.7 Å². The van der Waals surface area contributed by atoms with Gasteiger partial charge in [-0.2, -0.15) is 0 Å². The minimum atomic E-state index is -3.19. The van der Waals surface area contributed by atoms with Crippen LogP contribution in [0.15, 0.2) is 29.2 Å². The molecule has 0 aliphatic carbocycles. The van der Waals surface area contributed by atoms with Crippen molar-refractivity contribution in [1.82, 2.24) is 4.90 Å². The van der Waals surface area contributed by atoms with Crippen molar-refractivity contribution in [3.8, 4) is 0 Å². The quantitative estimate of drug-likeness (QED) is 0.849. The molecule has 1 saturated heterocycles. The molecule has 1 aromatic rings. The molecular weight excluding hydrogens is 254 g/mol. The van der Waals surface area contributed by atoms with Crippen LogP contribution in [0.25, 0.3) is 0 Å². The lowest BCUT2D eigenvalue weighted by molar-refractivity contribution is -0.128. The molecule has 6 heteroatoms. The van der Waals surface area contributed by atoms with Crippen LogP contribution in [0.3, 0.4) is 0 Å². The topological polar surface area (TPSA) is 74.7 Å². The average molecular weight is 269 g/mol. The second-order valence-corrected chi connectivity index (χ2v) is 6.56. The summed E-state index contributed by atoms with van der Waals surface area (Å²) in [4.78, 5) is 13.3. The maximum absolute atomic E-state index is 11.5. The number of aliphatic hydroxyl groups is 1. The van der Waals surface area contributed by atoms with Crippen molar-refractivity contribution in [2.24, 2.45) is 0 Å². The molecule has 0 bridgehead atoms. The summed E-state index contributed by atoms with van der Waals surface area (Å²) in [5, 5.41) is 9.36. The van der Waals surface area contributed by atoms with E-state index in [0.29, 0.717) is 13.1 Å². The lowest BCUT2D eigenvalue weighted by Crippen LogP contribution is -2.25. The summed E-state index contributed by atoms with van der Waals surface area (Å²) in [5.74, 6) is -0.0744. The highest BCUT2D eigenvalue weighted by molar-refractivity contribution is 7.90. The Kier molecular flexibility index (Phi) is 3.41. The van der Waals surface area contributed by atoms with Crippen molar-refractivity contribution in [2.75, 3.05) is 12.8 Å². The summed E-state index contributed by atoms with van der Waals surface area (Å²) in [5.41, 5.74) is 0.852. The summed E-state index contributed by atoms with van der Waals surface area (Å²) in [6.45, 7) is 0.743. The number of hydrogen-bond donors (Lipinski definition) is 1. The molecule has 5 nitrogen and oxygen atoms in total. The minimum Gasteiger partial charge on any atom is -0.391 e. The predicted octanol–water partition coefficient (Wildman–Crippen LogP) is 0.183. The van der Waals surface area contributed by atoms with Gasteiger partial charge in [-0.05, 0) is 17.7 Å². The molecule has 18 heavy (non-hydrogen) atoms. The molecule has 1 amide bonds. The van der Waals surface area contributed by atoms with Crippen LogP contribution < -0.4 is 0 Å². The third kappa shape index (κ3) is 2.88. The Morgan fingerprint density at radius 3 is 2.39 bits per heavy atom. The second kappa shape index (κ2) is 4.70. The zero-order chi connectivity index (χ0) is 13.3. The molecule has 1 atom stereocenters. The van der Waals surface area contributed by atoms with Gasteiger partial charge in [0.05, 0.1) is 17.4 Å². The van der Waals surface area contributed by atoms with E-state index in [-0.39, 0.29) is 17.2 Å². The van der Waals surface area contributed by atoms with Crippen molar-refractivity contribution in [1.29, 1.82) is 0 Å². The zero-order valence-corrected chi connectivity index (χ0v) is 10.9. The first-order valence-electron chi connectivity index (χ1n) is 5.61. The maximum Gasteiger partial charge on any atom is 0.225 e. The first-order valence-corrected chi connectivity index (χ1v) is 7.50. The van der Waals surface area contributed by atoms with Gasteiger partial charge in [0.25, 0.3) is 0 Å². The monoisotopic (exact) mass is 269 g/mol. The van der Waals surface area contributed by atoms with E-state index in [1.807, 2.05) is 0 Å². The lowest BCUT2D eigenvalue weighted by atomic mass is 10.2. The Morgan fingerprint density at radius 2 is 1.94 bits per heavy atom. The van der Waals surface area contributed by atoms with Crippen molar-refractivity contribution in [2.45, 2.75) is 24.0 Å². The molecule has 2 rings (SSSR count). The maximum atomic E-state index is 11.5. The van der Waals surface area contributed by atoms with Crippen LogP contribution in [0.5, 0.6) is 0 Å². The highest BCUT2D eigenvalue weighted by atomic mass is 32.2. The number of β-amino-alcohol motifs (C(OH)–C–C–N with tert-alkyl or cyclic N) is 1. The van der Waals surface area contributed by atoms with Crippen LogP contribution >= 0.6 is 0 Å². The van der Waals surface area contributed by atoms with Gasteiger partial charge >= 0.3 is 0 Å². The van der Waals surface area contributed by atoms with Crippen LogP contribution in [0.4, 0.5) is 0 Å². The Balaban J connectivity index is 2.10.